The molecule has 1 nitrogen and oxygen atoms in total. The van der Waals surface area contributed by atoms with Gasteiger partial charge in [0.05, 0.1) is 9.34 Å². The third kappa shape index (κ3) is 0.767. The van der Waals surface area contributed by atoms with Gasteiger partial charge in [0.15, 0.2) is 0 Å². The molecule has 0 aromatic rings. The van der Waals surface area contributed by atoms with Gasteiger partial charge in [-0.1, -0.05) is 31.9 Å². The Bertz CT molecular complexity index is 284. The van der Waals surface area contributed by atoms with Gasteiger partial charge in [0.2, 0.25) is 0 Å². The van der Waals surface area contributed by atoms with E-state index in [2.05, 4.69) is 31.9 Å². The van der Waals surface area contributed by atoms with Gasteiger partial charge in [-0.15, -0.1) is 0 Å². The van der Waals surface area contributed by atoms with Gasteiger partial charge in [0.1, 0.15) is 0 Å². The summed E-state index contributed by atoms with van der Waals surface area (Å²) in [7, 11) is 0. The van der Waals surface area contributed by atoms with Crippen LogP contribution in [-0.2, 0) is 0 Å². The van der Waals surface area contributed by atoms with E-state index >= 15 is 0 Å². The van der Waals surface area contributed by atoms with Crippen molar-refractivity contribution in [3.05, 3.63) is 0 Å². The largest absolute Gasteiger partial charge is 0.387 e. The van der Waals surface area contributed by atoms with E-state index in [0.29, 0.717) is 11.8 Å². The van der Waals surface area contributed by atoms with Gasteiger partial charge in [-0.2, -0.15) is 0 Å². The summed E-state index contributed by atoms with van der Waals surface area (Å²) in [5, 5.41) is 10.8. The zero-order valence-electron chi connectivity index (χ0n) is 7.87. The molecular formula is C11H14Br2O. The molecule has 0 radical (unpaired) electrons. The second-order valence-corrected chi connectivity index (χ2v) is 8.85. The van der Waals surface area contributed by atoms with Crippen LogP contribution in [0.25, 0.3) is 0 Å². The van der Waals surface area contributed by atoms with Crippen molar-refractivity contribution in [3.8, 4) is 0 Å². The monoisotopic (exact) mass is 320 g/mol. The molecule has 5 aliphatic carbocycles. The van der Waals surface area contributed by atoms with Crippen LogP contribution in [-0.4, -0.2) is 14.4 Å². The van der Waals surface area contributed by atoms with Gasteiger partial charge in [0, 0.05) is 0 Å². The number of aliphatic hydroxyl groups is 1. The Morgan fingerprint density at radius 2 is 1.64 bits per heavy atom. The average molecular weight is 322 g/mol. The van der Waals surface area contributed by atoms with Crippen LogP contribution < -0.4 is 0 Å². The Balaban J connectivity index is 1.79. The molecule has 5 rings (SSSR count). The maximum absolute atomic E-state index is 10.8. The highest BCUT2D eigenvalue weighted by molar-refractivity contribution is 9.24. The van der Waals surface area contributed by atoms with E-state index in [1.807, 2.05) is 0 Å². The fourth-order valence-electron chi connectivity index (χ4n) is 5.20. The van der Waals surface area contributed by atoms with Crippen molar-refractivity contribution in [2.24, 2.45) is 35.5 Å². The second kappa shape index (κ2) is 2.43. The molecule has 0 amide bonds. The molecule has 1 N–H and O–H groups in total. The minimum absolute atomic E-state index is 0.102. The first kappa shape index (κ1) is 9.00. The predicted octanol–water partition coefficient (Wildman–Crippen LogP) is 2.76. The number of rotatable bonds is 1. The van der Waals surface area contributed by atoms with Gasteiger partial charge >= 0.3 is 0 Å². The molecule has 78 valence electrons. The van der Waals surface area contributed by atoms with Crippen LogP contribution in [0.3, 0.4) is 0 Å². The Kier molecular flexibility index (Phi) is 1.56. The Hall–Kier alpha value is 0.920. The smallest absolute Gasteiger partial charge is 0.0989 e. The topological polar surface area (TPSA) is 20.2 Å². The van der Waals surface area contributed by atoms with Crippen molar-refractivity contribution in [1.29, 1.82) is 0 Å². The highest BCUT2D eigenvalue weighted by Crippen LogP contribution is 2.78. The molecule has 14 heavy (non-hydrogen) atoms. The molecule has 5 unspecified atom stereocenters. The zero-order valence-corrected chi connectivity index (χ0v) is 11.0. The third-order valence-corrected chi connectivity index (χ3v) is 7.01. The van der Waals surface area contributed by atoms with Crippen LogP contribution in [0.15, 0.2) is 0 Å². The lowest BCUT2D eigenvalue weighted by Gasteiger charge is -2.50. The number of hydrogen-bond acceptors (Lipinski definition) is 1. The zero-order chi connectivity index (χ0) is 9.66. The summed E-state index contributed by atoms with van der Waals surface area (Å²) in [5.74, 6) is 4.93. The van der Waals surface area contributed by atoms with Crippen molar-refractivity contribution >= 4 is 31.9 Å². The van der Waals surface area contributed by atoms with E-state index in [0.717, 1.165) is 23.7 Å². The number of hydrogen-bond donors (Lipinski definition) is 1. The standard InChI is InChI=1S/C11H14Br2O/c12-10(13)11(14)6-2-4-1-5(3-6)8-7(4)9(8)11/h4-10,14H,1-3H2. The molecule has 0 spiro atoms. The predicted molar refractivity (Wildman–Crippen MR) is 61.4 cm³/mol. The molecular weight excluding hydrogens is 308 g/mol. The van der Waals surface area contributed by atoms with Crippen LogP contribution in [0.4, 0.5) is 0 Å². The van der Waals surface area contributed by atoms with Gasteiger partial charge in [0.25, 0.3) is 0 Å². The Morgan fingerprint density at radius 1 is 1.07 bits per heavy atom. The Labute approximate surface area is 101 Å². The van der Waals surface area contributed by atoms with Crippen molar-refractivity contribution in [1.82, 2.24) is 0 Å². The molecule has 0 aromatic carbocycles. The summed E-state index contributed by atoms with van der Waals surface area (Å²) in [5.41, 5.74) is -0.428. The second-order valence-electron chi connectivity index (χ2n) is 5.79. The van der Waals surface area contributed by atoms with E-state index in [1.54, 1.807) is 0 Å². The van der Waals surface area contributed by atoms with E-state index in [1.165, 1.54) is 19.3 Å². The minimum Gasteiger partial charge on any atom is -0.387 e. The highest BCUT2D eigenvalue weighted by Gasteiger charge is 2.77. The molecule has 0 saturated heterocycles. The van der Waals surface area contributed by atoms with Gasteiger partial charge in [-0.3, -0.25) is 0 Å². The molecule has 0 aliphatic heterocycles. The van der Waals surface area contributed by atoms with Crippen molar-refractivity contribution in [2.45, 2.75) is 28.6 Å². The summed E-state index contributed by atoms with van der Waals surface area (Å²) < 4.78 is 0.102. The maximum atomic E-state index is 10.8. The number of alkyl halides is 2. The van der Waals surface area contributed by atoms with Gasteiger partial charge in [-0.25, -0.2) is 0 Å². The summed E-state index contributed by atoms with van der Waals surface area (Å²) >= 11 is 7.12. The lowest BCUT2D eigenvalue weighted by atomic mass is 9.60. The van der Waals surface area contributed by atoms with E-state index < -0.39 is 5.60 Å². The summed E-state index contributed by atoms with van der Waals surface area (Å²) in [6, 6.07) is 0. The SMILES string of the molecule is OC1(C(Br)Br)C2CC3CC(C2)C2C3C21. The normalized spacial score (nSPS) is 67.7. The molecule has 3 heteroatoms. The fourth-order valence-corrected chi connectivity index (χ4v) is 6.56. The van der Waals surface area contributed by atoms with E-state index in [-0.39, 0.29) is 3.74 Å². The van der Waals surface area contributed by atoms with Crippen LogP contribution in [0.1, 0.15) is 19.3 Å². The van der Waals surface area contributed by atoms with E-state index in [4.69, 9.17) is 0 Å². The lowest BCUT2D eigenvalue weighted by Crippen LogP contribution is -2.54. The van der Waals surface area contributed by atoms with E-state index in [9.17, 15) is 5.11 Å². The van der Waals surface area contributed by atoms with Gasteiger partial charge < -0.3 is 5.11 Å². The number of halogens is 2. The minimum atomic E-state index is -0.428. The van der Waals surface area contributed by atoms with Crippen LogP contribution >= 0.6 is 31.9 Å². The van der Waals surface area contributed by atoms with Crippen LogP contribution in [0, 0.1) is 35.5 Å². The first-order chi connectivity index (χ1) is 6.64. The molecule has 5 aliphatic rings. The summed E-state index contributed by atoms with van der Waals surface area (Å²) in [6.07, 6.45) is 4.06. The van der Waals surface area contributed by atoms with Crippen molar-refractivity contribution < 1.29 is 5.11 Å². The molecule has 4 bridgehead atoms. The van der Waals surface area contributed by atoms with Crippen LogP contribution in [0.2, 0.25) is 0 Å². The van der Waals surface area contributed by atoms with Crippen molar-refractivity contribution in [3.63, 3.8) is 0 Å². The lowest BCUT2D eigenvalue weighted by molar-refractivity contribution is -0.103. The molecule has 5 saturated carbocycles. The summed E-state index contributed by atoms with van der Waals surface area (Å²) in [4.78, 5) is 0. The van der Waals surface area contributed by atoms with Crippen molar-refractivity contribution in [2.75, 3.05) is 0 Å². The first-order valence-corrected chi connectivity index (χ1v) is 7.47. The third-order valence-electron chi connectivity index (χ3n) is 5.54. The average Bonchev–Trinajstić information content (AvgIpc) is 2.84. The molecule has 5 atom stereocenters. The molecule has 5 fully saturated rings. The molecule has 0 heterocycles. The first-order valence-electron chi connectivity index (χ1n) is 5.64. The Morgan fingerprint density at radius 3 is 2.14 bits per heavy atom. The quantitative estimate of drug-likeness (QED) is 0.736. The maximum Gasteiger partial charge on any atom is 0.0989 e. The van der Waals surface area contributed by atoms with Crippen LogP contribution in [0.5, 0.6) is 0 Å². The fraction of sp³-hybridized carbons (Fsp3) is 1.00. The summed E-state index contributed by atoms with van der Waals surface area (Å²) in [6.45, 7) is 0. The molecule has 0 aromatic heterocycles. The van der Waals surface area contributed by atoms with Gasteiger partial charge in [-0.05, 0) is 54.8 Å². The highest BCUT2D eigenvalue weighted by atomic mass is 79.9.